The van der Waals surface area contributed by atoms with Crippen molar-refractivity contribution in [2.45, 2.75) is 13.2 Å². The van der Waals surface area contributed by atoms with E-state index >= 15 is 0 Å². The fourth-order valence-corrected chi connectivity index (χ4v) is 3.34. The first-order valence-corrected chi connectivity index (χ1v) is 9.47. The average Bonchev–Trinajstić information content (AvgIpc) is 2.63. The van der Waals surface area contributed by atoms with Crippen molar-refractivity contribution in [2.24, 2.45) is 0 Å². The Bertz CT molecular complexity index is 924. The van der Waals surface area contributed by atoms with E-state index in [9.17, 15) is 4.39 Å². The van der Waals surface area contributed by atoms with Crippen molar-refractivity contribution in [1.29, 1.82) is 0 Å². The average molecular weight is 445 g/mol. The highest BCUT2D eigenvalue weighted by molar-refractivity contribution is 6.42. The summed E-state index contributed by atoms with van der Waals surface area (Å²) in [6.07, 6.45) is 0. The number of rotatable bonds is 6. The standard InChI is InChI=1S/C20H14Cl4FNO/c21-16-6-5-15(9-17(16)22)26-10-13-7-18(23)20(19(24)8-13)27-11-12-1-3-14(25)4-2-12/h1-9,26H,10-11H2. The molecule has 0 amide bonds. The zero-order valence-electron chi connectivity index (χ0n) is 13.9. The number of anilines is 1. The quantitative estimate of drug-likeness (QED) is 0.421. The van der Waals surface area contributed by atoms with E-state index in [1.165, 1.54) is 12.1 Å². The van der Waals surface area contributed by atoms with Gasteiger partial charge in [-0.1, -0.05) is 58.5 Å². The highest BCUT2D eigenvalue weighted by Gasteiger charge is 2.11. The van der Waals surface area contributed by atoms with Crippen LogP contribution in [0, 0.1) is 5.82 Å². The van der Waals surface area contributed by atoms with E-state index in [4.69, 9.17) is 51.1 Å². The van der Waals surface area contributed by atoms with Gasteiger partial charge in [0.25, 0.3) is 0 Å². The third kappa shape index (κ3) is 5.43. The summed E-state index contributed by atoms with van der Waals surface area (Å²) >= 11 is 24.6. The second-order valence-corrected chi connectivity index (χ2v) is 7.41. The van der Waals surface area contributed by atoms with Crippen molar-refractivity contribution in [1.82, 2.24) is 0 Å². The van der Waals surface area contributed by atoms with E-state index in [1.807, 2.05) is 6.07 Å². The predicted octanol–water partition coefficient (Wildman–Crippen LogP) is 7.63. The molecule has 0 atom stereocenters. The van der Waals surface area contributed by atoms with Crippen LogP contribution < -0.4 is 10.1 Å². The van der Waals surface area contributed by atoms with Crippen LogP contribution in [-0.2, 0) is 13.2 Å². The van der Waals surface area contributed by atoms with E-state index in [2.05, 4.69) is 5.32 Å². The molecule has 0 bridgehead atoms. The van der Waals surface area contributed by atoms with Gasteiger partial charge < -0.3 is 10.1 Å². The Morgan fingerprint density at radius 1 is 0.741 bits per heavy atom. The van der Waals surface area contributed by atoms with Crippen LogP contribution in [0.4, 0.5) is 10.1 Å². The molecule has 1 N–H and O–H groups in total. The number of nitrogens with one attached hydrogen (secondary N) is 1. The molecular weight excluding hydrogens is 431 g/mol. The molecule has 0 aromatic heterocycles. The van der Waals surface area contributed by atoms with Crippen LogP contribution in [0.2, 0.25) is 20.1 Å². The topological polar surface area (TPSA) is 21.3 Å². The Morgan fingerprint density at radius 3 is 2.04 bits per heavy atom. The smallest absolute Gasteiger partial charge is 0.156 e. The maximum atomic E-state index is 13.0. The van der Waals surface area contributed by atoms with Crippen molar-refractivity contribution < 1.29 is 9.13 Å². The lowest BCUT2D eigenvalue weighted by Gasteiger charge is -2.13. The first kappa shape index (κ1) is 20.1. The van der Waals surface area contributed by atoms with Crippen LogP contribution in [0.1, 0.15) is 11.1 Å². The van der Waals surface area contributed by atoms with Crippen LogP contribution in [0.5, 0.6) is 5.75 Å². The molecule has 3 rings (SSSR count). The lowest BCUT2D eigenvalue weighted by molar-refractivity contribution is 0.306. The summed E-state index contributed by atoms with van der Waals surface area (Å²) in [7, 11) is 0. The van der Waals surface area contributed by atoms with E-state index < -0.39 is 0 Å². The maximum Gasteiger partial charge on any atom is 0.156 e. The number of benzene rings is 3. The third-order valence-electron chi connectivity index (χ3n) is 3.77. The fourth-order valence-electron chi connectivity index (χ4n) is 2.40. The van der Waals surface area contributed by atoms with Crippen molar-refractivity contribution in [3.05, 3.63) is 91.6 Å². The lowest BCUT2D eigenvalue weighted by atomic mass is 10.2. The zero-order chi connectivity index (χ0) is 19.4. The van der Waals surface area contributed by atoms with Gasteiger partial charge in [0.15, 0.2) is 5.75 Å². The van der Waals surface area contributed by atoms with Gasteiger partial charge in [0.05, 0.1) is 20.1 Å². The first-order valence-electron chi connectivity index (χ1n) is 7.96. The number of ether oxygens (including phenoxy) is 1. The second-order valence-electron chi connectivity index (χ2n) is 5.79. The number of hydrogen-bond donors (Lipinski definition) is 1. The molecule has 0 aliphatic carbocycles. The molecule has 0 aliphatic rings. The van der Waals surface area contributed by atoms with Gasteiger partial charge in [-0.2, -0.15) is 0 Å². The minimum absolute atomic E-state index is 0.237. The zero-order valence-corrected chi connectivity index (χ0v) is 16.9. The fraction of sp³-hybridized carbons (Fsp3) is 0.100. The van der Waals surface area contributed by atoms with Gasteiger partial charge in [-0.25, -0.2) is 4.39 Å². The highest BCUT2D eigenvalue weighted by atomic mass is 35.5. The molecule has 0 fully saturated rings. The molecule has 3 aromatic rings. The molecular formula is C20H14Cl4FNO. The summed E-state index contributed by atoms with van der Waals surface area (Å²) in [6.45, 7) is 0.732. The first-order chi connectivity index (χ1) is 12.9. The van der Waals surface area contributed by atoms with Gasteiger partial charge in [-0.3, -0.25) is 0 Å². The van der Waals surface area contributed by atoms with E-state index in [1.54, 1.807) is 36.4 Å². The summed E-state index contributed by atoms with van der Waals surface area (Å²) in [5.74, 6) is 0.0922. The van der Waals surface area contributed by atoms with E-state index in [0.717, 1.165) is 16.8 Å². The minimum Gasteiger partial charge on any atom is -0.486 e. The van der Waals surface area contributed by atoms with Gasteiger partial charge in [0, 0.05) is 12.2 Å². The van der Waals surface area contributed by atoms with Crippen molar-refractivity contribution >= 4 is 52.1 Å². The molecule has 7 heteroatoms. The SMILES string of the molecule is Fc1ccc(COc2c(Cl)cc(CNc3ccc(Cl)c(Cl)c3)cc2Cl)cc1. The molecule has 0 radical (unpaired) electrons. The molecule has 0 aliphatic heterocycles. The summed E-state index contributed by atoms with van der Waals surface area (Å²) in [5.41, 5.74) is 2.52. The summed E-state index contributed by atoms with van der Waals surface area (Å²) in [6, 6.07) is 14.9. The second kappa shape index (κ2) is 9.03. The molecule has 0 saturated carbocycles. The monoisotopic (exact) mass is 443 g/mol. The molecule has 0 saturated heterocycles. The van der Waals surface area contributed by atoms with Gasteiger partial charge in [-0.15, -0.1) is 0 Å². The van der Waals surface area contributed by atoms with Gasteiger partial charge >= 0.3 is 0 Å². The van der Waals surface area contributed by atoms with Crippen LogP contribution in [0.3, 0.4) is 0 Å². The molecule has 0 spiro atoms. The van der Waals surface area contributed by atoms with Crippen molar-refractivity contribution in [3.63, 3.8) is 0 Å². The minimum atomic E-state index is -0.298. The summed E-state index contributed by atoms with van der Waals surface area (Å²) < 4.78 is 18.7. The van der Waals surface area contributed by atoms with Gasteiger partial charge in [-0.05, 0) is 53.6 Å². The van der Waals surface area contributed by atoms with Crippen LogP contribution in [0.25, 0.3) is 0 Å². The van der Waals surface area contributed by atoms with Crippen molar-refractivity contribution in [2.75, 3.05) is 5.32 Å². The molecule has 3 aromatic carbocycles. The Hall–Kier alpha value is -1.65. The maximum absolute atomic E-state index is 13.0. The Balaban J connectivity index is 1.66. The molecule has 140 valence electrons. The lowest BCUT2D eigenvalue weighted by Crippen LogP contribution is -2.01. The van der Waals surface area contributed by atoms with Crippen molar-refractivity contribution in [3.8, 4) is 5.75 Å². The molecule has 0 heterocycles. The molecule has 27 heavy (non-hydrogen) atoms. The Labute approximate surface area is 176 Å². The van der Waals surface area contributed by atoms with Crippen LogP contribution in [0.15, 0.2) is 54.6 Å². The molecule has 0 unspecified atom stereocenters. The summed E-state index contributed by atoms with van der Waals surface area (Å²) in [4.78, 5) is 0. The van der Waals surface area contributed by atoms with Gasteiger partial charge in [0.2, 0.25) is 0 Å². The number of hydrogen-bond acceptors (Lipinski definition) is 2. The molecule has 2 nitrogen and oxygen atoms in total. The number of halogens is 5. The van der Waals surface area contributed by atoms with E-state index in [-0.39, 0.29) is 12.4 Å². The van der Waals surface area contributed by atoms with Crippen LogP contribution >= 0.6 is 46.4 Å². The summed E-state index contributed by atoms with van der Waals surface area (Å²) in [5, 5.41) is 5.00. The Kier molecular flexibility index (Phi) is 6.72. The largest absolute Gasteiger partial charge is 0.486 e. The Morgan fingerprint density at radius 2 is 1.41 bits per heavy atom. The van der Waals surface area contributed by atoms with E-state index in [0.29, 0.717) is 32.4 Å². The van der Waals surface area contributed by atoms with Gasteiger partial charge in [0.1, 0.15) is 12.4 Å². The highest BCUT2D eigenvalue weighted by Crippen LogP contribution is 2.35. The predicted molar refractivity (Wildman–Crippen MR) is 111 cm³/mol. The normalized spacial score (nSPS) is 10.7. The third-order valence-corrected chi connectivity index (χ3v) is 5.07. The van der Waals surface area contributed by atoms with Crippen LogP contribution in [-0.4, -0.2) is 0 Å².